The van der Waals surface area contributed by atoms with Gasteiger partial charge in [-0.05, 0) is 19.9 Å². The summed E-state index contributed by atoms with van der Waals surface area (Å²) in [6.07, 6.45) is 3.82. The molecule has 0 bridgehead atoms. The molecule has 2 aromatic heterocycles. The van der Waals surface area contributed by atoms with E-state index in [9.17, 15) is 0 Å². The van der Waals surface area contributed by atoms with E-state index in [1.165, 1.54) is 0 Å². The summed E-state index contributed by atoms with van der Waals surface area (Å²) in [5.41, 5.74) is 2.05. The normalized spacial score (nSPS) is 15.8. The summed E-state index contributed by atoms with van der Waals surface area (Å²) in [6, 6.07) is 2.01. The van der Waals surface area contributed by atoms with E-state index in [1.807, 2.05) is 39.4 Å². The highest BCUT2D eigenvalue weighted by Crippen LogP contribution is 2.16. The fourth-order valence-electron chi connectivity index (χ4n) is 2.62. The highest BCUT2D eigenvalue weighted by molar-refractivity contribution is 5.39. The van der Waals surface area contributed by atoms with Crippen molar-refractivity contribution in [2.75, 3.05) is 36.0 Å². The fourth-order valence-corrected chi connectivity index (χ4v) is 2.62. The fraction of sp³-hybridized carbons (Fsp3) is 0.500. The lowest BCUT2D eigenvalue weighted by atomic mass is 10.3. The molecule has 0 N–H and O–H groups in total. The molecule has 1 aliphatic rings. The van der Waals surface area contributed by atoms with Gasteiger partial charge in [0.05, 0.1) is 0 Å². The number of anilines is 2. The molecule has 106 valence electrons. The van der Waals surface area contributed by atoms with Crippen LogP contribution in [-0.4, -0.2) is 45.7 Å². The zero-order chi connectivity index (χ0) is 14.1. The first-order valence-electron chi connectivity index (χ1n) is 6.93. The maximum Gasteiger partial charge on any atom is 0.225 e. The SMILES string of the molecule is Cc1cc(C)nc(N2CCN(c3nccn3C)CC2)n1. The molecule has 0 atom stereocenters. The van der Waals surface area contributed by atoms with Crippen LogP contribution in [0.4, 0.5) is 11.9 Å². The lowest BCUT2D eigenvalue weighted by Gasteiger charge is -2.35. The van der Waals surface area contributed by atoms with E-state index in [4.69, 9.17) is 0 Å². The van der Waals surface area contributed by atoms with Gasteiger partial charge >= 0.3 is 0 Å². The molecule has 0 amide bonds. The van der Waals surface area contributed by atoms with E-state index in [0.29, 0.717) is 0 Å². The second kappa shape index (κ2) is 5.11. The molecule has 0 saturated carbocycles. The standard InChI is InChI=1S/C14H20N6/c1-11-10-12(2)17-13(16-11)19-6-8-20(9-7-19)14-15-4-5-18(14)3/h4-5,10H,6-9H2,1-3H3. The van der Waals surface area contributed by atoms with Crippen LogP contribution in [0.5, 0.6) is 0 Å². The smallest absolute Gasteiger partial charge is 0.225 e. The Balaban J connectivity index is 1.71. The summed E-state index contributed by atoms with van der Waals surface area (Å²) < 4.78 is 2.06. The summed E-state index contributed by atoms with van der Waals surface area (Å²) in [5, 5.41) is 0. The van der Waals surface area contributed by atoms with Crippen LogP contribution in [0.25, 0.3) is 0 Å². The third-order valence-corrected chi connectivity index (χ3v) is 3.61. The van der Waals surface area contributed by atoms with Gasteiger partial charge in [0.15, 0.2) is 0 Å². The maximum atomic E-state index is 4.54. The zero-order valence-electron chi connectivity index (χ0n) is 12.2. The summed E-state index contributed by atoms with van der Waals surface area (Å²) >= 11 is 0. The average molecular weight is 272 g/mol. The lowest BCUT2D eigenvalue weighted by Crippen LogP contribution is -2.48. The van der Waals surface area contributed by atoms with Crippen LogP contribution >= 0.6 is 0 Å². The predicted octanol–water partition coefficient (Wildman–Crippen LogP) is 1.15. The minimum absolute atomic E-state index is 0.849. The van der Waals surface area contributed by atoms with Gasteiger partial charge in [-0.25, -0.2) is 15.0 Å². The van der Waals surface area contributed by atoms with Crippen LogP contribution in [-0.2, 0) is 7.05 Å². The molecule has 1 aliphatic heterocycles. The van der Waals surface area contributed by atoms with Crippen LogP contribution in [0.2, 0.25) is 0 Å². The van der Waals surface area contributed by atoms with Gasteiger partial charge in [-0.1, -0.05) is 0 Å². The Bertz CT molecular complexity index is 577. The van der Waals surface area contributed by atoms with Crippen molar-refractivity contribution in [2.24, 2.45) is 7.05 Å². The van der Waals surface area contributed by atoms with Crippen molar-refractivity contribution in [3.63, 3.8) is 0 Å². The Kier molecular flexibility index (Phi) is 3.30. The number of piperazine rings is 1. The van der Waals surface area contributed by atoms with Crippen molar-refractivity contribution in [2.45, 2.75) is 13.8 Å². The van der Waals surface area contributed by atoms with Crippen LogP contribution in [0.15, 0.2) is 18.5 Å². The second-order valence-electron chi connectivity index (χ2n) is 5.26. The maximum absolute atomic E-state index is 4.54. The number of hydrogen-bond acceptors (Lipinski definition) is 5. The quantitative estimate of drug-likeness (QED) is 0.821. The molecule has 0 radical (unpaired) electrons. The Labute approximate surface area is 119 Å². The monoisotopic (exact) mass is 272 g/mol. The molecule has 0 spiro atoms. The molecule has 3 heterocycles. The van der Waals surface area contributed by atoms with Crippen LogP contribution < -0.4 is 9.80 Å². The first kappa shape index (κ1) is 12.9. The number of imidazole rings is 1. The zero-order valence-corrected chi connectivity index (χ0v) is 12.2. The molecule has 1 saturated heterocycles. The van der Waals surface area contributed by atoms with Gasteiger partial charge in [0.1, 0.15) is 0 Å². The molecule has 1 fully saturated rings. The number of hydrogen-bond donors (Lipinski definition) is 0. The molecule has 0 unspecified atom stereocenters. The minimum Gasteiger partial charge on any atom is -0.339 e. The van der Waals surface area contributed by atoms with Gasteiger partial charge in [0.25, 0.3) is 0 Å². The Morgan fingerprint density at radius 2 is 1.55 bits per heavy atom. The number of rotatable bonds is 2. The highest BCUT2D eigenvalue weighted by atomic mass is 15.4. The third-order valence-electron chi connectivity index (χ3n) is 3.61. The molecule has 0 aliphatic carbocycles. The largest absolute Gasteiger partial charge is 0.339 e. The van der Waals surface area contributed by atoms with Crippen molar-refractivity contribution in [3.05, 3.63) is 29.8 Å². The minimum atomic E-state index is 0.849. The van der Waals surface area contributed by atoms with Crippen molar-refractivity contribution >= 4 is 11.9 Å². The molecule has 3 rings (SSSR count). The Morgan fingerprint density at radius 3 is 2.10 bits per heavy atom. The first-order chi connectivity index (χ1) is 9.63. The summed E-state index contributed by atoms with van der Waals surface area (Å²) in [6.45, 7) is 7.78. The average Bonchev–Trinajstić information content (AvgIpc) is 2.84. The number of nitrogens with zero attached hydrogens (tertiary/aromatic N) is 6. The van der Waals surface area contributed by atoms with Gasteiger partial charge in [0.2, 0.25) is 11.9 Å². The van der Waals surface area contributed by atoms with E-state index >= 15 is 0 Å². The van der Waals surface area contributed by atoms with Crippen LogP contribution in [0.1, 0.15) is 11.4 Å². The summed E-state index contributed by atoms with van der Waals surface area (Å²) in [5.74, 6) is 1.88. The van der Waals surface area contributed by atoms with E-state index in [2.05, 4.69) is 29.3 Å². The van der Waals surface area contributed by atoms with E-state index in [1.54, 1.807) is 0 Å². The van der Waals surface area contributed by atoms with Gasteiger partial charge < -0.3 is 14.4 Å². The van der Waals surface area contributed by atoms with Gasteiger partial charge in [-0.15, -0.1) is 0 Å². The molecular weight excluding hydrogens is 252 g/mol. The molecule has 6 nitrogen and oxygen atoms in total. The van der Waals surface area contributed by atoms with Crippen molar-refractivity contribution < 1.29 is 0 Å². The van der Waals surface area contributed by atoms with Crippen molar-refractivity contribution in [1.29, 1.82) is 0 Å². The molecule has 2 aromatic rings. The Morgan fingerprint density at radius 1 is 0.950 bits per heavy atom. The van der Waals surface area contributed by atoms with Gasteiger partial charge in [0, 0.05) is 57.0 Å². The van der Waals surface area contributed by atoms with Crippen LogP contribution in [0.3, 0.4) is 0 Å². The van der Waals surface area contributed by atoms with Crippen molar-refractivity contribution in [3.8, 4) is 0 Å². The third kappa shape index (κ3) is 2.45. The topological polar surface area (TPSA) is 50.1 Å². The predicted molar refractivity (Wildman–Crippen MR) is 79.1 cm³/mol. The van der Waals surface area contributed by atoms with Gasteiger partial charge in [-0.3, -0.25) is 0 Å². The Hall–Kier alpha value is -2.11. The second-order valence-corrected chi connectivity index (χ2v) is 5.26. The summed E-state index contributed by atoms with van der Waals surface area (Å²) in [7, 11) is 2.03. The van der Waals surface area contributed by atoms with E-state index in [0.717, 1.165) is 49.5 Å². The van der Waals surface area contributed by atoms with E-state index < -0.39 is 0 Å². The van der Waals surface area contributed by atoms with Gasteiger partial charge in [-0.2, -0.15) is 0 Å². The molecule has 0 aromatic carbocycles. The molecule has 20 heavy (non-hydrogen) atoms. The van der Waals surface area contributed by atoms with Crippen LogP contribution in [0, 0.1) is 13.8 Å². The highest BCUT2D eigenvalue weighted by Gasteiger charge is 2.21. The first-order valence-corrected chi connectivity index (χ1v) is 6.93. The molecule has 6 heteroatoms. The summed E-state index contributed by atoms with van der Waals surface area (Å²) in [4.78, 5) is 18.0. The van der Waals surface area contributed by atoms with E-state index in [-0.39, 0.29) is 0 Å². The lowest BCUT2D eigenvalue weighted by molar-refractivity contribution is 0.618. The number of aromatic nitrogens is 4. The molecular formula is C14H20N6. The number of aryl methyl sites for hydroxylation is 3. The van der Waals surface area contributed by atoms with Crippen molar-refractivity contribution in [1.82, 2.24) is 19.5 Å².